The lowest BCUT2D eigenvalue weighted by molar-refractivity contribution is -0.137. The van der Waals surface area contributed by atoms with Gasteiger partial charge in [-0.15, -0.1) is 0 Å². The fraction of sp³-hybridized carbons (Fsp3) is 0.481. The Labute approximate surface area is 191 Å². The first kappa shape index (κ1) is 22.5. The molecule has 0 unspecified atom stereocenters. The summed E-state index contributed by atoms with van der Waals surface area (Å²) in [7, 11) is 0. The van der Waals surface area contributed by atoms with Crippen LogP contribution < -0.4 is 5.32 Å². The first-order valence-corrected chi connectivity index (χ1v) is 12.1. The van der Waals surface area contributed by atoms with Gasteiger partial charge in [0.15, 0.2) is 0 Å². The van der Waals surface area contributed by atoms with Gasteiger partial charge in [0, 0.05) is 24.7 Å². The molecule has 0 radical (unpaired) electrons. The Morgan fingerprint density at radius 2 is 1.47 bits per heavy atom. The van der Waals surface area contributed by atoms with Crippen molar-refractivity contribution in [3.8, 4) is 0 Å². The van der Waals surface area contributed by atoms with Crippen LogP contribution in [0.5, 0.6) is 0 Å². The third-order valence-electron chi connectivity index (χ3n) is 6.75. The SMILES string of the molecule is O=C(CN1CCC(C(=O)N2CCCCCC2)CC1)Nc1ccccc1Cc1ccccc1. The van der Waals surface area contributed by atoms with E-state index >= 15 is 0 Å². The van der Waals surface area contributed by atoms with Gasteiger partial charge in [-0.05, 0) is 62.4 Å². The quantitative estimate of drug-likeness (QED) is 0.738. The molecule has 2 heterocycles. The van der Waals surface area contributed by atoms with Crippen molar-refractivity contribution in [2.75, 3.05) is 38.0 Å². The van der Waals surface area contributed by atoms with Gasteiger partial charge in [0.1, 0.15) is 0 Å². The number of carbonyl (C=O) groups excluding carboxylic acids is 2. The fourth-order valence-corrected chi connectivity index (χ4v) is 4.89. The van der Waals surface area contributed by atoms with Gasteiger partial charge in [-0.3, -0.25) is 14.5 Å². The molecule has 0 saturated carbocycles. The number of para-hydroxylation sites is 1. The molecule has 0 spiro atoms. The van der Waals surface area contributed by atoms with E-state index in [4.69, 9.17) is 0 Å². The Hall–Kier alpha value is -2.66. The number of nitrogens with one attached hydrogen (secondary N) is 1. The van der Waals surface area contributed by atoms with Crippen LogP contribution >= 0.6 is 0 Å². The van der Waals surface area contributed by atoms with Crippen molar-refractivity contribution in [2.24, 2.45) is 5.92 Å². The number of hydrogen-bond donors (Lipinski definition) is 1. The van der Waals surface area contributed by atoms with Crippen LogP contribution in [0.3, 0.4) is 0 Å². The molecule has 0 atom stereocenters. The van der Waals surface area contributed by atoms with Gasteiger partial charge in [0.2, 0.25) is 11.8 Å². The fourth-order valence-electron chi connectivity index (χ4n) is 4.89. The van der Waals surface area contributed by atoms with E-state index in [9.17, 15) is 9.59 Å². The third kappa shape index (κ3) is 6.19. The molecule has 5 nitrogen and oxygen atoms in total. The van der Waals surface area contributed by atoms with Crippen molar-refractivity contribution < 1.29 is 9.59 Å². The summed E-state index contributed by atoms with van der Waals surface area (Å²) < 4.78 is 0. The van der Waals surface area contributed by atoms with Gasteiger partial charge in [-0.1, -0.05) is 61.4 Å². The van der Waals surface area contributed by atoms with E-state index in [2.05, 4.69) is 33.3 Å². The Kier molecular flexibility index (Phi) is 7.94. The highest BCUT2D eigenvalue weighted by Gasteiger charge is 2.29. The summed E-state index contributed by atoms with van der Waals surface area (Å²) in [5, 5.41) is 3.11. The van der Waals surface area contributed by atoms with E-state index in [0.29, 0.717) is 12.5 Å². The maximum absolute atomic E-state index is 12.9. The van der Waals surface area contributed by atoms with E-state index in [1.165, 1.54) is 18.4 Å². The van der Waals surface area contributed by atoms with Crippen LogP contribution in [0.15, 0.2) is 54.6 Å². The van der Waals surface area contributed by atoms with Gasteiger partial charge in [-0.2, -0.15) is 0 Å². The lowest BCUT2D eigenvalue weighted by Crippen LogP contribution is -2.44. The molecule has 32 heavy (non-hydrogen) atoms. The Morgan fingerprint density at radius 3 is 2.19 bits per heavy atom. The van der Waals surface area contributed by atoms with E-state index in [0.717, 1.165) is 69.5 Å². The number of hydrogen-bond acceptors (Lipinski definition) is 3. The van der Waals surface area contributed by atoms with E-state index in [1.54, 1.807) is 0 Å². The summed E-state index contributed by atoms with van der Waals surface area (Å²) in [6.45, 7) is 3.84. The van der Waals surface area contributed by atoms with Crippen molar-refractivity contribution in [1.82, 2.24) is 9.80 Å². The minimum atomic E-state index is 0.0165. The molecule has 0 aromatic heterocycles. The zero-order chi connectivity index (χ0) is 22.2. The molecule has 2 aliphatic heterocycles. The predicted molar refractivity (Wildman–Crippen MR) is 129 cm³/mol. The highest BCUT2D eigenvalue weighted by molar-refractivity contribution is 5.93. The minimum absolute atomic E-state index is 0.0165. The number of piperidine rings is 1. The molecule has 4 rings (SSSR count). The molecule has 0 aliphatic carbocycles. The Morgan fingerprint density at radius 1 is 0.812 bits per heavy atom. The second-order valence-corrected chi connectivity index (χ2v) is 9.16. The Bertz CT molecular complexity index is 883. The highest BCUT2D eigenvalue weighted by Crippen LogP contribution is 2.23. The zero-order valence-corrected chi connectivity index (χ0v) is 19.0. The normalized spacial score (nSPS) is 18.2. The second kappa shape index (κ2) is 11.3. The lowest BCUT2D eigenvalue weighted by Gasteiger charge is -2.33. The minimum Gasteiger partial charge on any atom is -0.342 e. The monoisotopic (exact) mass is 433 g/mol. The predicted octanol–water partition coefficient (Wildman–Crippen LogP) is 4.33. The number of carbonyl (C=O) groups is 2. The summed E-state index contributed by atoms with van der Waals surface area (Å²) >= 11 is 0. The van der Waals surface area contributed by atoms with Gasteiger partial charge < -0.3 is 10.2 Å². The number of rotatable bonds is 6. The molecule has 2 fully saturated rings. The zero-order valence-electron chi connectivity index (χ0n) is 19.0. The molecule has 2 aliphatic rings. The first-order chi connectivity index (χ1) is 15.7. The maximum atomic E-state index is 12.9. The molecule has 2 aromatic carbocycles. The largest absolute Gasteiger partial charge is 0.342 e. The summed E-state index contributed by atoms with van der Waals surface area (Å²) in [6, 6.07) is 18.3. The molecule has 1 N–H and O–H groups in total. The smallest absolute Gasteiger partial charge is 0.238 e. The summed E-state index contributed by atoms with van der Waals surface area (Å²) in [5.41, 5.74) is 3.23. The second-order valence-electron chi connectivity index (χ2n) is 9.16. The average molecular weight is 434 g/mol. The molecule has 2 aromatic rings. The standard InChI is InChI=1S/C27H35N3O2/c31-26(28-25-13-7-6-12-24(25)20-22-10-4-3-5-11-22)21-29-18-14-23(15-19-29)27(32)30-16-8-1-2-9-17-30/h3-7,10-13,23H,1-2,8-9,14-21H2,(H,28,31). The van der Waals surface area contributed by atoms with Crippen molar-refractivity contribution in [3.05, 3.63) is 65.7 Å². The van der Waals surface area contributed by atoms with Crippen molar-refractivity contribution in [3.63, 3.8) is 0 Å². The molecule has 5 heteroatoms. The van der Waals surface area contributed by atoms with Crippen LogP contribution in [0.2, 0.25) is 0 Å². The van der Waals surface area contributed by atoms with Crippen molar-refractivity contribution in [2.45, 2.75) is 44.9 Å². The molecular weight excluding hydrogens is 398 g/mol. The summed E-state index contributed by atoms with van der Waals surface area (Å²) in [4.78, 5) is 29.9. The van der Waals surface area contributed by atoms with Crippen LogP contribution in [0, 0.1) is 5.92 Å². The average Bonchev–Trinajstić information content (AvgIpc) is 3.11. The van der Waals surface area contributed by atoms with Gasteiger partial charge >= 0.3 is 0 Å². The van der Waals surface area contributed by atoms with Gasteiger partial charge in [0.25, 0.3) is 0 Å². The van der Waals surface area contributed by atoms with Crippen LogP contribution in [0.1, 0.15) is 49.7 Å². The van der Waals surface area contributed by atoms with Crippen LogP contribution in [-0.2, 0) is 16.0 Å². The number of nitrogens with zero attached hydrogens (tertiary/aromatic N) is 2. The maximum Gasteiger partial charge on any atom is 0.238 e. The lowest BCUT2D eigenvalue weighted by atomic mass is 9.95. The van der Waals surface area contributed by atoms with E-state index in [-0.39, 0.29) is 11.8 Å². The Balaban J connectivity index is 1.26. The molecule has 0 bridgehead atoms. The van der Waals surface area contributed by atoms with Crippen LogP contribution in [0.4, 0.5) is 5.69 Å². The van der Waals surface area contributed by atoms with Crippen molar-refractivity contribution in [1.29, 1.82) is 0 Å². The molecule has 170 valence electrons. The topological polar surface area (TPSA) is 52.7 Å². The number of benzene rings is 2. The number of amides is 2. The van der Waals surface area contributed by atoms with E-state index in [1.807, 2.05) is 36.4 Å². The molecule has 2 saturated heterocycles. The summed E-state index contributed by atoms with van der Waals surface area (Å²) in [5.74, 6) is 0.479. The third-order valence-corrected chi connectivity index (χ3v) is 6.75. The van der Waals surface area contributed by atoms with Crippen molar-refractivity contribution >= 4 is 17.5 Å². The van der Waals surface area contributed by atoms with Gasteiger partial charge in [0.05, 0.1) is 6.54 Å². The molecule has 2 amide bonds. The number of anilines is 1. The van der Waals surface area contributed by atoms with E-state index < -0.39 is 0 Å². The number of likely N-dealkylation sites (tertiary alicyclic amines) is 2. The van der Waals surface area contributed by atoms with Crippen LogP contribution in [-0.4, -0.2) is 54.3 Å². The van der Waals surface area contributed by atoms with Gasteiger partial charge in [-0.25, -0.2) is 0 Å². The molecular formula is C27H35N3O2. The van der Waals surface area contributed by atoms with Crippen LogP contribution in [0.25, 0.3) is 0 Å². The summed E-state index contributed by atoms with van der Waals surface area (Å²) in [6.07, 6.45) is 7.26. The first-order valence-electron chi connectivity index (χ1n) is 12.1. The highest BCUT2D eigenvalue weighted by atomic mass is 16.2.